The van der Waals surface area contributed by atoms with Crippen LogP contribution in [0.25, 0.3) is 0 Å². The van der Waals surface area contributed by atoms with Crippen LogP contribution >= 0.6 is 0 Å². The largest absolute Gasteiger partial charge is 0.381 e. The van der Waals surface area contributed by atoms with Crippen LogP contribution in [0.15, 0.2) is 12.4 Å². The molecule has 1 aliphatic carbocycles. The van der Waals surface area contributed by atoms with Gasteiger partial charge in [-0.25, -0.2) is 0 Å². The van der Waals surface area contributed by atoms with Gasteiger partial charge in [0.15, 0.2) is 0 Å². The minimum absolute atomic E-state index is 0.0229. The Hall–Kier alpha value is -1.97. The van der Waals surface area contributed by atoms with Gasteiger partial charge in [0.05, 0.1) is 24.5 Å². The van der Waals surface area contributed by atoms with Crippen molar-refractivity contribution in [2.45, 2.75) is 50.2 Å². The normalized spacial score (nSPS) is 25.4. The number of carbonyl (C=O) groups is 2. The van der Waals surface area contributed by atoms with Crippen LogP contribution in [-0.4, -0.2) is 90.5 Å². The molecule has 2 atom stereocenters. The predicted octanol–water partition coefficient (Wildman–Crippen LogP) is 1.13. The van der Waals surface area contributed by atoms with Crippen molar-refractivity contribution in [1.29, 1.82) is 0 Å². The summed E-state index contributed by atoms with van der Waals surface area (Å²) < 4.78 is 13.3. The summed E-state index contributed by atoms with van der Waals surface area (Å²) >= 11 is 0. The first kappa shape index (κ1) is 21.3. The zero-order valence-electron chi connectivity index (χ0n) is 18.0. The van der Waals surface area contributed by atoms with Crippen molar-refractivity contribution in [2.75, 3.05) is 52.4 Å². The van der Waals surface area contributed by atoms with Gasteiger partial charge in [-0.05, 0) is 32.1 Å². The average molecular weight is 420 g/mol. The second kappa shape index (κ2) is 9.45. The summed E-state index contributed by atoms with van der Waals surface area (Å²) in [4.78, 5) is 27.9. The van der Waals surface area contributed by atoms with Gasteiger partial charge in [0, 0.05) is 58.1 Å². The lowest BCUT2D eigenvalue weighted by atomic mass is 10.1. The SMILES string of the molecule is CN(C)C(=O)COC[C@@H]1C[C@H](n2cc(NC(=O)C3CC3)cn2)CN1C1CCOCC1. The van der Waals surface area contributed by atoms with Crippen molar-refractivity contribution in [1.82, 2.24) is 19.6 Å². The third-order valence-electron chi connectivity index (χ3n) is 6.32. The molecule has 3 fully saturated rings. The number of nitrogens with zero attached hydrogens (tertiary/aromatic N) is 4. The highest BCUT2D eigenvalue weighted by Crippen LogP contribution is 2.33. The fourth-order valence-corrected chi connectivity index (χ4v) is 4.34. The third kappa shape index (κ3) is 5.19. The van der Waals surface area contributed by atoms with Gasteiger partial charge in [-0.15, -0.1) is 0 Å². The number of ether oxygens (including phenoxy) is 2. The van der Waals surface area contributed by atoms with Crippen LogP contribution in [-0.2, 0) is 19.1 Å². The van der Waals surface area contributed by atoms with Crippen LogP contribution in [0.4, 0.5) is 5.69 Å². The van der Waals surface area contributed by atoms with Crippen molar-refractivity contribution in [3.05, 3.63) is 12.4 Å². The first-order valence-electron chi connectivity index (χ1n) is 11.0. The number of hydrogen-bond donors (Lipinski definition) is 1. The molecule has 9 heteroatoms. The van der Waals surface area contributed by atoms with E-state index in [2.05, 4.69) is 15.3 Å². The van der Waals surface area contributed by atoms with Crippen molar-refractivity contribution in [3.63, 3.8) is 0 Å². The number of amides is 2. The molecule has 0 bridgehead atoms. The summed E-state index contributed by atoms with van der Waals surface area (Å²) in [6.45, 7) is 3.10. The smallest absolute Gasteiger partial charge is 0.248 e. The van der Waals surface area contributed by atoms with Crippen molar-refractivity contribution in [3.8, 4) is 0 Å². The summed E-state index contributed by atoms with van der Waals surface area (Å²) in [6.07, 6.45) is 8.58. The number of hydrogen-bond acceptors (Lipinski definition) is 6. The second-order valence-corrected chi connectivity index (χ2v) is 8.86. The van der Waals surface area contributed by atoms with Gasteiger partial charge in [-0.2, -0.15) is 5.10 Å². The number of aromatic nitrogens is 2. The molecule has 2 saturated heterocycles. The lowest BCUT2D eigenvalue weighted by Gasteiger charge is -2.35. The lowest BCUT2D eigenvalue weighted by molar-refractivity contribution is -0.134. The van der Waals surface area contributed by atoms with E-state index in [0.29, 0.717) is 12.6 Å². The van der Waals surface area contributed by atoms with Gasteiger partial charge in [-0.3, -0.25) is 19.2 Å². The molecule has 0 aromatic carbocycles. The summed E-state index contributed by atoms with van der Waals surface area (Å²) in [5, 5.41) is 7.50. The maximum atomic E-state index is 12.0. The van der Waals surface area contributed by atoms with Gasteiger partial charge in [-0.1, -0.05) is 0 Å². The van der Waals surface area contributed by atoms with E-state index in [0.717, 1.165) is 57.6 Å². The Balaban J connectivity index is 1.38. The van der Waals surface area contributed by atoms with Gasteiger partial charge < -0.3 is 19.7 Å². The fourth-order valence-electron chi connectivity index (χ4n) is 4.34. The molecule has 1 aromatic rings. The predicted molar refractivity (Wildman–Crippen MR) is 111 cm³/mol. The number of rotatable bonds is 8. The molecule has 2 aliphatic heterocycles. The molecule has 1 N–H and O–H groups in total. The quantitative estimate of drug-likeness (QED) is 0.680. The fraction of sp³-hybridized carbons (Fsp3) is 0.762. The van der Waals surface area contributed by atoms with Crippen molar-refractivity contribution in [2.24, 2.45) is 5.92 Å². The van der Waals surface area contributed by atoms with Crippen LogP contribution in [0.2, 0.25) is 0 Å². The Morgan fingerprint density at radius 3 is 2.70 bits per heavy atom. The van der Waals surface area contributed by atoms with Crippen LogP contribution in [0.5, 0.6) is 0 Å². The van der Waals surface area contributed by atoms with Crippen LogP contribution in [0.3, 0.4) is 0 Å². The molecule has 30 heavy (non-hydrogen) atoms. The molecule has 0 radical (unpaired) electrons. The molecule has 0 spiro atoms. The molecule has 4 rings (SSSR count). The number of nitrogens with one attached hydrogen (secondary N) is 1. The van der Waals surface area contributed by atoms with Crippen molar-refractivity contribution >= 4 is 17.5 Å². The van der Waals surface area contributed by atoms with Crippen LogP contribution < -0.4 is 5.32 Å². The lowest BCUT2D eigenvalue weighted by Crippen LogP contribution is -2.44. The maximum absolute atomic E-state index is 12.0. The third-order valence-corrected chi connectivity index (χ3v) is 6.32. The zero-order valence-corrected chi connectivity index (χ0v) is 18.0. The van der Waals surface area contributed by atoms with E-state index >= 15 is 0 Å². The molecule has 166 valence electrons. The molecule has 3 aliphatic rings. The number of anilines is 1. The number of likely N-dealkylation sites (tertiary alicyclic amines) is 1. The van der Waals surface area contributed by atoms with E-state index in [9.17, 15) is 9.59 Å². The van der Waals surface area contributed by atoms with E-state index in [4.69, 9.17) is 9.47 Å². The summed E-state index contributed by atoms with van der Waals surface area (Å²) in [5.74, 6) is 0.252. The Bertz CT molecular complexity index is 742. The van der Waals surface area contributed by atoms with Crippen LogP contribution in [0.1, 0.15) is 38.1 Å². The van der Waals surface area contributed by atoms with Gasteiger partial charge in [0.1, 0.15) is 6.61 Å². The van der Waals surface area contributed by atoms with E-state index in [-0.39, 0.29) is 36.4 Å². The highest BCUT2D eigenvalue weighted by atomic mass is 16.5. The molecule has 1 aromatic heterocycles. The molecule has 0 unspecified atom stereocenters. The monoisotopic (exact) mass is 419 g/mol. The first-order chi connectivity index (χ1) is 14.5. The molecule has 9 nitrogen and oxygen atoms in total. The number of likely N-dealkylation sites (N-methyl/N-ethyl adjacent to an activating group) is 1. The van der Waals surface area contributed by atoms with Crippen LogP contribution in [0, 0.1) is 5.92 Å². The topological polar surface area (TPSA) is 88.9 Å². The zero-order chi connectivity index (χ0) is 21.1. The second-order valence-electron chi connectivity index (χ2n) is 8.86. The van der Waals surface area contributed by atoms with E-state index in [1.54, 1.807) is 25.2 Å². The van der Waals surface area contributed by atoms with Crippen molar-refractivity contribution < 1.29 is 19.1 Å². The first-order valence-corrected chi connectivity index (χ1v) is 11.0. The highest BCUT2D eigenvalue weighted by molar-refractivity contribution is 5.93. The molecule has 1 saturated carbocycles. The standard InChI is InChI=1S/C21H33N5O4/c1-24(2)20(27)14-30-13-19-9-18(12-25(19)17-5-7-29-8-6-17)26-11-16(10-22-26)23-21(28)15-3-4-15/h10-11,15,17-19H,3-9,12-14H2,1-2H3,(H,23,28)/t18-,19-/m0/s1. The molecule has 3 heterocycles. The Labute approximate surface area is 177 Å². The molecular formula is C21H33N5O4. The Morgan fingerprint density at radius 1 is 1.23 bits per heavy atom. The minimum atomic E-state index is -0.0229. The van der Waals surface area contributed by atoms with Gasteiger partial charge in [0.2, 0.25) is 11.8 Å². The number of carbonyl (C=O) groups excluding carboxylic acids is 2. The van der Waals surface area contributed by atoms with E-state index in [1.807, 2.05) is 10.9 Å². The Kier molecular flexibility index (Phi) is 6.70. The van der Waals surface area contributed by atoms with Gasteiger partial charge in [0.25, 0.3) is 0 Å². The summed E-state index contributed by atoms with van der Waals surface area (Å²) in [7, 11) is 3.48. The van der Waals surface area contributed by atoms with Gasteiger partial charge >= 0.3 is 0 Å². The maximum Gasteiger partial charge on any atom is 0.248 e. The van der Waals surface area contributed by atoms with E-state index < -0.39 is 0 Å². The molecular weight excluding hydrogens is 386 g/mol. The highest BCUT2D eigenvalue weighted by Gasteiger charge is 2.38. The average Bonchev–Trinajstić information content (AvgIpc) is 3.36. The van der Waals surface area contributed by atoms with E-state index in [1.165, 1.54) is 0 Å². The summed E-state index contributed by atoms with van der Waals surface area (Å²) in [6, 6.07) is 0.922. The molecule has 2 amide bonds. The summed E-state index contributed by atoms with van der Waals surface area (Å²) in [5.41, 5.74) is 0.765. The Morgan fingerprint density at radius 2 is 2.00 bits per heavy atom. The minimum Gasteiger partial charge on any atom is -0.381 e.